The lowest BCUT2D eigenvalue weighted by molar-refractivity contribution is -0.138. The van der Waals surface area contributed by atoms with Crippen LogP contribution < -0.4 is 0 Å². The van der Waals surface area contributed by atoms with Gasteiger partial charge in [-0.25, -0.2) is 4.98 Å². The molecule has 0 saturated heterocycles. The van der Waals surface area contributed by atoms with Crippen LogP contribution in [0.5, 0.6) is 0 Å². The molecular weight excluding hydrogens is 309 g/mol. The molecule has 1 aromatic heterocycles. The number of pyridine rings is 1. The Hall–Kier alpha value is -1.22. The molecule has 1 aliphatic rings. The van der Waals surface area contributed by atoms with Gasteiger partial charge in [0.05, 0.1) is 11.1 Å². The Bertz CT molecular complexity index is 591. The lowest BCUT2D eigenvalue weighted by Gasteiger charge is -2.26. The zero-order valence-electron chi connectivity index (χ0n) is 12.8. The van der Waals surface area contributed by atoms with E-state index in [2.05, 4.69) is 4.98 Å². The van der Waals surface area contributed by atoms with Gasteiger partial charge >= 0.3 is 6.18 Å². The molecule has 0 fully saturated rings. The van der Waals surface area contributed by atoms with Crippen molar-refractivity contribution in [2.75, 3.05) is 5.75 Å². The van der Waals surface area contributed by atoms with Crippen molar-refractivity contribution in [1.82, 2.24) is 4.98 Å². The van der Waals surface area contributed by atoms with E-state index >= 15 is 0 Å². The summed E-state index contributed by atoms with van der Waals surface area (Å²) in [7, 11) is 0. The maximum atomic E-state index is 13.5. The summed E-state index contributed by atoms with van der Waals surface area (Å²) in [5, 5.41) is 9.53. The molecule has 0 amide bonds. The summed E-state index contributed by atoms with van der Waals surface area (Å²) in [6.45, 7) is 3.97. The topological polar surface area (TPSA) is 36.7 Å². The van der Waals surface area contributed by atoms with Crippen LogP contribution in [0.2, 0.25) is 0 Å². The highest BCUT2D eigenvalue weighted by atomic mass is 32.2. The highest BCUT2D eigenvalue weighted by molar-refractivity contribution is 7.99. The molecule has 0 aromatic carbocycles. The molecule has 1 heterocycles. The third-order valence-corrected chi connectivity index (χ3v) is 4.97. The number of halogens is 3. The first-order chi connectivity index (χ1) is 10.4. The van der Waals surface area contributed by atoms with Crippen molar-refractivity contribution >= 4 is 11.8 Å². The van der Waals surface area contributed by atoms with Crippen LogP contribution in [0.4, 0.5) is 13.2 Å². The SMILES string of the molecule is CCCCSc1nc2c(c(C(F)(F)F)c1C#N)CC(C)CC2. The number of thioether (sulfide) groups is 1. The molecule has 0 radical (unpaired) electrons. The van der Waals surface area contributed by atoms with Gasteiger partial charge in [-0.05, 0) is 42.9 Å². The lowest BCUT2D eigenvalue weighted by Crippen LogP contribution is -2.22. The van der Waals surface area contributed by atoms with Gasteiger partial charge in [0.25, 0.3) is 0 Å². The molecule has 0 bridgehead atoms. The van der Waals surface area contributed by atoms with Crippen LogP contribution in [0.25, 0.3) is 0 Å². The average Bonchev–Trinajstić information content (AvgIpc) is 2.45. The first-order valence-electron chi connectivity index (χ1n) is 7.54. The zero-order chi connectivity index (χ0) is 16.3. The smallest absolute Gasteiger partial charge is 0.245 e. The number of unbranched alkanes of at least 4 members (excludes halogenated alkanes) is 1. The predicted molar refractivity (Wildman–Crippen MR) is 80.8 cm³/mol. The van der Waals surface area contributed by atoms with Gasteiger partial charge in [-0.15, -0.1) is 11.8 Å². The normalized spacial score (nSPS) is 17.9. The number of aryl methyl sites for hydroxylation is 1. The van der Waals surface area contributed by atoms with Gasteiger partial charge in [-0.2, -0.15) is 18.4 Å². The van der Waals surface area contributed by atoms with Crippen molar-refractivity contribution < 1.29 is 13.2 Å². The molecule has 2 rings (SSSR count). The van der Waals surface area contributed by atoms with Gasteiger partial charge in [-0.3, -0.25) is 0 Å². The second-order valence-corrected chi connectivity index (χ2v) is 6.84. The van der Waals surface area contributed by atoms with Gasteiger partial charge < -0.3 is 0 Å². The quantitative estimate of drug-likeness (QED) is 0.577. The molecule has 2 nitrogen and oxygen atoms in total. The average molecular weight is 328 g/mol. The molecule has 6 heteroatoms. The standard InChI is InChI=1S/C16H19F3N2S/c1-3-4-7-22-15-12(9-20)14(16(17,18)19)11-8-10(2)5-6-13(11)21-15/h10H,3-8H2,1-2H3. The highest BCUT2D eigenvalue weighted by Crippen LogP contribution is 2.41. The number of rotatable bonds is 4. The Balaban J connectivity index is 2.56. The van der Waals surface area contributed by atoms with Crippen LogP contribution >= 0.6 is 11.8 Å². The van der Waals surface area contributed by atoms with Crippen molar-refractivity contribution in [1.29, 1.82) is 5.26 Å². The van der Waals surface area contributed by atoms with Crippen LogP contribution in [-0.2, 0) is 19.0 Å². The maximum absolute atomic E-state index is 13.5. The summed E-state index contributed by atoms with van der Waals surface area (Å²) in [6, 6.07) is 1.76. The molecular formula is C16H19F3N2S. The second kappa shape index (κ2) is 6.91. The van der Waals surface area contributed by atoms with Crippen molar-refractivity contribution in [2.24, 2.45) is 5.92 Å². The van der Waals surface area contributed by atoms with E-state index in [1.165, 1.54) is 11.8 Å². The highest BCUT2D eigenvalue weighted by Gasteiger charge is 2.40. The number of hydrogen-bond acceptors (Lipinski definition) is 3. The monoisotopic (exact) mass is 328 g/mol. The molecule has 120 valence electrons. The van der Waals surface area contributed by atoms with Crippen LogP contribution in [0.1, 0.15) is 55.5 Å². The Kier molecular flexibility index (Phi) is 5.38. The van der Waals surface area contributed by atoms with Crippen LogP contribution in [-0.4, -0.2) is 10.7 Å². The second-order valence-electron chi connectivity index (χ2n) is 5.75. The van der Waals surface area contributed by atoms with E-state index < -0.39 is 11.7 Å². The molecule has 22 heavy (non-hydrogen) atoms. The lowest BCUT2D eigenvalue weighted by atomic mass is 9.84. The van der Waals surface area contributed by atoms with Gasteiger partial charge in [0.2, 0.25) is 0 Å². The molecule has 1 aromatic rings. The molecule has 0 spiro atoms. The summed E-state index contributed by atoms with van der Waals surface area (Å²) in [6.07, 6.45) is -0.883. The number of alkyl halides is 3. The maximum Gasteiger partial charge on any atom is 0.418 e. The minimum atomic E-state index is -4.50. The van der Waals surface area contributed by atoms with Crippen LogP contribution in [0, 0.1) is 17.2 Å². The fourth-order valence-electron chi connectivity index (χ4n) is 2.74. The minimum Gasteiger partial charge on any atom is -0.245 e. The summed E-state index contributed by atoms with van der Waals surface area (Å²) in [4.78, 5) is 4.40. The first kappa shape index (κ1) is 17.1. The van der Waals surface area contributed by atoms with E-state index in [0.717, 1.165) is 19.3 Å². The summed E-state index contributed by atoms with van der Waals surface area (Å²) in [5.74, 6) is 0.880. The van der Waals surface area contributed by atoms with Crippen LogP contribution in [0.15, 0.2) is 5.03 Å². The largest absolute Gasteiger partial charge is 0.418 e. The minimum absolute atomic E-state index is 0.195. The van der Waals surface area contributed by atoms with Gasteiger partial charge in [0, 0.05) is 5.69 Å². The Morgan fingerprint density at radius 1 is 1.41 bits per heavy atom. The molecule has 0 N–H and O–H groups in total. The van der Waals surface area contributed by atoms with E-state index in [1.54, 1.807) is 6.07 Å². The van der Waals surface area contributed by atoms with E-state index in [4.69, 9.17) is 0 Å². The first-order valence-corrected chi connectivity index (χ1v) is 8.52. The summed E-state index contributed by atoms with van der Waals surface area (Å²) >= 11 is 1.27. The van der Waals surface area contributed by atoms with Gasteiger partial charge in [0.1, 0.15) is 11.1 Å². The molecule has 0 saturated carbocycles. The van der Waals surface area contributed by atoms with E-state index in [-0.39, 0.29) is 22.1 Å². The molecule has 0 aliphatic heterocycles. The third-order valence-electron chi connectivity index (χ3n) is 3.91. The van der Waals surface area contributed by atoms with Crippen molar-refractivity contribution in [3.8, 4) is 6.07 Å². The van der Waals surface area contributed by atoms with Crippen LogP contribution in [0.3, 0.4) is 0 Å². The fourth-order valence-corrected chi connectivity index (χ4v) is 3.84. The van der Waals surface area contributed by atoms with Gasteiger partial charge in [0.15, 0.2) is 0 Å². The summed E-state index contributed by atoms with van der Waals surface area (Å²) < 4.78 is 40.6. The summed E-state index contributed by atoms with van der Waals surface area (Å²) in [5.41, 5.74) is -0.266. The Labute approximate surface area is 133 Å². The number of fused-ring (bicyclic) bond motifs is 1. The van der Waals surface area contributed by atoms with Gasteiger partial charge in [-0.1, -0.05) is 20.3 Å². The number of aromatic nitrogens is 1. The van der Waals surface area contributed by atoms with Crippen molar-refractivity contribution in [2.45, 2.75) is 57.2 Å². The van der Waals surface area contributed by atoms with E-state index in [1.807, 2.05) is 13.8 Å². The molecule has 1 aliphatic carbocycles. The van der Waals surface area contributed by atoms with Crippen molar-refractivity contribution in [3.05, 3.63) is 22.4 Å². The predicted octanol–water partition coefficient (Wildman–Crippen LogP) is 4.99. The molecule has 1 atom stereocenters. The zero-order valence-corrected chi connectivity index (χ0v) is 13.6. The Morgan fingerprint density at radius 3 is 2.73 bits per heavy atom. The van der Waals surface area contributed by atoms with E-state index in [0.29, 0.717) is 24.3 Å². The van der Waals surface area contributed by atoms with Crippen molar-refractivity contribution in [3.63, 3.8) is 0 Å². The number of hydrogen-bond donors (Lipinski definition) is 0. The number of nitriles is 1. The number of nitrogens with zero attached hydrogens (tertiary/aromatic N) is 2. The Morgan fingerprint density at radius 2 is 2.14 bits per heavy atom. The molecule has 1 unspecified atom stereocenters. The van der Waals surface area contributed by atoms with E-state index in [9.17, 15) is 18.4 Å². The third kappa shape index (κ3) is 3.57. The fraction of sp³-hybridized carbons (Fsp3) is 0.625.